The lowest BCUT2D eigenvalue weighted by molar-refractivity contribution is 0.138. The zero-order chi connectivity index (χ0) is 18.4. The third kappa shape index (κ3) is 4.38. The van der Waals surface area contributed by atoms with E-state index in [9.17, 15) is 9.59 Å². The maximum Gasteiger partial charge on any atom is 0.329 e. The quantitative estimate of drug-likeness (QED) is 0.648. The summed E-state index contributed by atoms with van der Waals surface area (Å²) in [4.78, 5) is 33.5. The van der Waals surface area contributed by atoms with Crippen molar-refractivity contribution in [3.8, 4) is 0 Å². The van der Waals surface area contributed by atoms with Crippen molar-refractivity contribution in [1.82, 2.24) is 24.0 Å². The van der Waals surface area contributed by atoms with Crippen LogP contribution in [0.5, 0.6) is 0 Å². The summed E-state index contributed by atoms with van der Waals surface area (Å²) in [6, 6.07) is 0. The molecule has 0 saturated carbocycles. The van der Waals surface area contributed by atoms with Crippen molar-refractivity contribution in [2.75, 3.05) is 26.3 Å². The minimum atomic E-state index is -0.447. The molecule has 1 N–H and O–H groups in total. The molecule has 140 valence electrons. The Morgan fingerprint density at radius 2 is 2.00 bits per heavy atom. The van der Waals surface area contributed by atoms with E-state index in [1.54, 1.807) is 7.05 Å². The molecule has 0 unspecified atom stereocenters. The summed E-state index contributed by atoms with van der Waals surface area (Å²) >= 11 is 0. The standard InChI is InChI=1S/C17H29N5O3/c1-5-8-9-21(6-2)12-13-18-15-14(22(13)10-11-25-7-3)16(23)19-17(24)20(15)4/h5-12H2,1-4H3,(H,19,23,24). The molecule has 8 heteroatoms. The number of aromatic nitrogens is 4. The van der Waals surface area contributed by atoms with Crippen molar-refractivity contribution < 1.29 is 4.74 Å². The summed E-state index contributed by atoms with van der Waals surface area (Å²) in [7, 11) is 1.62. The van der Waals surface area contributed by atoms with Gasteiger partial charge in [-0.05, 0) is 26.4 Å². The fourth-order valence-corrected chi connectivity index (χ4v) is 2.87. The van der Waals surface area contributed by atoms with Gasteiger partial charge in [0.05, 0.1) is 13.2 Å². The number of aryl methyl sites for hydroxylation is 1. The average molecular weight is 351 g/mol. The van der Waals surface area contributed by atoms with Gasteiger partial charge in [-0.2, -0.15) is 0 Å². The molecule has 0 bridgehead atoms. The lowest BCUT2D eigenvalue weighted by Crippen LogP contribution is -2.29. The fraction of sp³-hybridized carbons (Fsp3) is 0.706. The van der Waals surface area contributed by atoms with Crippen LogP contribution >= 0.6 is 0 Å². The second-order valence-electron chi connectivity index (χ2n) is 6.09. The molecule has 0 aliphatic heterocycles. The van der Waals surface area contributed by atoms with Gasteiger partial charge in [0.2, 0.25) is 0 Å². The molecule has 25 heavy (non-hydrogen) atoms. The van der Waals surface area contributed by atoms with E-state index in [-0.39, 0.29) is 0 Å². The van der Waals surface area contributed by atoms with Crippen molar-refractivity contribution in [1.29, 1.82) is 0 Å². The molecule has 0 spiro atoms. The summed E-state index contributed by atoms with van der Waals surface area (Å²) < 4.78 is 8.73. The second kappa shape index (κ2) is 8.96. The summed E-state index contributed by atoms with van der Waals surface area (Å²) in [6.07, 6.45) is 2.25. The summed E-state index contributed by atoms with van der Waals surface area (Å²) in [5.41, 5.74) is 0.0111. The topological polar surface area (TPSA) is 85.2 Å². The number of hydrogen-bond donors (Lipinski definition) is 1. The molecule has 8 nitrogen and oxygen atoms in total. The third-order valence-corrected chi connectivity index (χ3v) is 4.39. The molecule has 2 aromatic heterocycles. The highest BCUT2D eigenvalue weighted by Gasteiger charge is 2.18. The molecule has 0 amide bonds. The normalized spacial score (nSPS) is 11.7. The maximum atomic E-state index is 12.4. The van der Waals surface area contributed by atoms with Gasteiger partial charge in [0, 0.05) is 20.2 Å². The van der Waals surface area contributed by atoms with E-state index >= 15 is 0 Å². The molecule has 0 atom stereocenters. The predicted octanol–water partition coefficient (Wildman–Crippen LogP) is 1.08. The highest BCUT2D eigenvalue weighted by atomic mass is 16.5. The predicted molar refractivity (Wildman–Crippen MR) is 97.9 cm³/mol. The van der Waals surface area contributed by atoms with Crippen LogP contribution in [0.2, 0.25) is 0 Å². The minimum absolute atomic E-state index is 0.398. The van der Waals surface area contributed by atoms with Gasteiger partial charge < -0.3 is 9.30 Å². The summed E-state index contributed by atoms with van der Waals surface area (Å²) in [5, 5.41) is 0. The molecule has 2 rings (SSSR count). The Bertz CT molecular complexity index is 805. The zero-order valence-electron chi connectivity index (χ0n) is 15.7. The Hall–Kier alpha value is -1.93. The van der Waals surface area contributed by atoms with Crippen LogP contribution in [0.15, 0.2) is 9.59 Å². The van der Waals surface area contributed by atoms with E-state index in [4.69, 9.17) is 4.74 Å². The molecule has 2 heterocycles. The van der Waals surface area contributed by atoms with Gasteiger partial charge in [0.25, 0.3) is 5.56 Å². The number of aromatic amines is 1. The first-order valence-electron chi connectivity index (χ1n) is 9.01. The maximum absolute atomic E-state index is 12.4. The van der Waals surface area contributed by atoms with Crippen LogP contribution in [0.1, 0.15) is 39.4 Å². The number of unbranched alkanes of at least 4 members (excludes halogenated alkanes) is 1. The Morgan fingerprint density at radius 1 is 1.24 bits per heavy atom. The van der Waals surface area contributed by atoms with Gasteiger partial charge in [-0.1, -0.05) is 20.3 Å². The van der Waals surface area contributed by atoms with E-state index in [1.165, 1.54) is 4.57 Å². The van der Waals surface area contributed by atoms with Crippen LogP contribution in [0.4, 0.5) is 0 Å². The minimum Gasteiger partial charge on any atom is -0.380 e. The number of nitrogens with one attached hydrogen (secondary N) is 1. The Balaban J connectivity index is 2.47. The highest BCUT2D eigenvalue weighted by Crippen LogP contribution is 2.13. The highest BCUT2D eigenvalue weighted by molar-refractivity contribution is 5.70. The Morgan fingerprint density at radius 3 is 2.64 bits per heavy atom. The molecule has 0 radical (unpaired) electrons. The monoisotopic (exact) mass is 351 g/mol. The molecule has 0 aromatic carbocycles. The van der Waals surface area contributed by atoms with Crippen molar-refractivity contribution in [3.05, 3.63) is 26.7 Å². The van der Waals surface area contributed by atoms with Crippen LogP contribution in [-0.2, 0) is 24.9 Å². The van der Waals surface area contributed by atoms with Gasteiger partial charge in [0.15, 0.2) is 11.2 Å². The molecule has 2 aromatic rings. The number of imidazole rings is 1. The van der Waals surface area contributed by atoms with Gasteiger partial charge in [-0.15, -0.1) is 0 Å². The number of nitrogens with zero attached hydrogens (tertiary/aromatic N) is 4. The van der Waals surface area contributed by atoms with Crippen LogP contribution in [0.3, 0.4) is 0 Å². The van der Waals surface area contributed by atoms with E-state index in [2.05, 4.69) is 28.7 Å². The number of H-pyrrole nitrogens is 1. The van der Waals surface area contributed by atoms with E-state index in [0.29, 0.717) is 37.5 Å². The van der Waals surface area contributed by atoms with E-state index < -0.39 is 11.2 Å². The smallest absolute Gasteiger partial charge is 0.329 e. The lowest BCUT2D eigenvalue weighted by Gasteiger charge is -2.20. The zero-order valence-corrected chi connectivity index (χ0v) is 15.7. The lowest BCUT2D eigenvalue weighted by atomic mass is 10.3. The van der Waals surface area contributed by atoms with Crippen molar-refractivity contribution in [3.63, 3.8) is 0 Å². The van der Waals surface area contributed by atoms with E-state index in [0.717, 1.165) is 31.8 Å². The van der Waals surface area contributed by atoms with Crippen LogP contribution in [-0.4, -0.2) is 50.3 Å². The number of rotatable bonds is 10. The van der Waals surface area contributed by atoms with Crippen molar-refractivity contribution in [2.24, 2.45) is 7.05 Å². The van der Waals surface area contributed by atoms with Crippen molar-refractivity contribution in [2.45, 2.75) is 46.7 Å². The molecule has 0 aliphatic carbocycles. The number of fused-ring (bicyclic) bond motifs is 1. The fourth-order valence-electron chi connectivity index (χ4n) is 2.87. The van der Waals surface area contributed by atoms with Gasteiger partial charge in [-0.25, -0.2) is 9.78 Å². The molecule has 0 saturated heterocycles. The van der Waals surface area contributed by atoms with Gasteiger partial charge in [0.1, 0.15) is 5.82 Å². The van der Waals surface area contributed by atoms with Crippen molar-refractivity contribution >= 4 is 11.2 Å². The Labute approximate surface area is 147 Å². The Kier molecular flexibility index (Phi) is 6.95. The SMILES string of the molecule is CCCCN(CC)Cc1nc2c(c(=O)[nH]c(=O)n2C)n1CCOCC. The third-order valence-electron chi connectivity index (χ3n) is 4.39. The average Bonchev–Trinajstić information content (AvgIpc) is 2.95. The first-order chi connectivity index (χ1) is 12.0. The molecular formula is C17H29N5O3. The first kappa shape index (κ1) is 19.4. The molecule has 0 fully saturated rings. The van der Waals surface area contributed by atoms with E-state index in [1.807, 2.05) is 11.5 Å². The van der Waals surface area contributed by atoms with Crippen LogP contribution in [0.25, 0.3) is 11.2 Å². The summed E-state index contributed by atoms with van der Waals surface area (Å²) in [6.45, 7) is 10.4. The first-order valence-corrected chi connectivity index (χ1v) is 9.01. The van der Waals surface area contributed by atoms with Gasteiger partial charge >= 0.3 is 5.69 Å². The summed E-state index contributed by atoms with van der Waals surface area (Å²) in [5.74, 6) is 0.791. The van der Waals surface area contributed by atoms with Gasteiger partial charge in [-0.3, -0.25) is 19.2 Å². The van der Waals surface area contributed by atoms with Crippen LogP contribution < -0.4 is 11.2 Å². The second-order valence-corrected chi connectivity index (χ2v) is 6.09. The molecular weight excluding hydrogens is 322 g/mol. The number of ether oxygens (including phenoxy) is 1. The number of hydrogen-bond acceptors (Lipinski definition) is 5. The largest absolute Gasteiger partial charge is 0.380 e. The molecule has 0 aliphatic rings. The van der Waals surface area contributed by atoms with Crippen LogP contribution in [0, 0.1) is 0 Å².